The molecule has 0 amide bonds. The molecule has 3 rings (SSSR count). The van der Waals surface area contributed by atoms with Crippen molar-refractivity contribution >= 4 is 5.78 Å². The van der Waals surface area contributed by atoms with Crippen molar-refractivity contribution in [2.45, 2.75) is 25.7 Å². The third-order valence-corrected chi connectivity index (χ3v) is 3.91. The highest BCUT2D eigenvalue weighted by atomic mass is 19.1. The molecule has 2 aromatic rings. The van der Waals surface area contributed by atoms with Gasteiger partial charge in [-0.3, -0.25) is 4.79 Å². The summed E-state index contributed by atoms with van der Waals surface area (Å²) in [6.45, 7) is 1.85. The van der Waals surface area contributed by atoms with Gasteiger partial charge in [0.15, 0.2) is 0 Å². The summed E-state index contributed by atoms with van der Waals surface area (Å²) in [7, 11) is 0. The molecule has 0 saturated heterocycles. The fraction of sp³-hybridized carbons (Fsp3) is 0.235. The largest absolute Gasteiger partial charge is 0.299 e. The monoisotopic (exact) mass is 254 g/mol. The summed E-state index contributed by atoms with van der Waals surface area (Å²) in [6, 6.07) is 12.7. The number of carbonyl (C=O) groups excluding carboxylic acids is 1. The van der Waals surface area contributed by atoms with Crippen molar-refractivity contribution in [3.63, 3.8) is 0 Å². The highest BCUT2D eigenvalue weighted by molar-refractivity contribution is 5.90. The Morgan fingerprint density at radius 2 is 2.05 bits per heavy atom. The molecule has 1 atom stereocenters. The number of ketones is 1. The van der Waals surface area contributed by atoms with E-state index in [2.05, 4.69) is 6.07 Å². The molecule has 0 saturated carbocycles. The van der Waals surface area contributed by atoms with E-state index in [9.17, 15) is 9.18 Å². The second kappa shape index (κ2) is 4.61. The Balaban J connectivity index is 1.77. The molecule has 1 aliphatic rings. The van der Waals surface area contributed by atoms with E-state index in [1.165, 1.54) is 17.7 Å². The van der Waals surface area contributed by atoms with Gasteiger partial charge >= 0.3 is 0 Å². The van der Waals surface area contributed by atoms with E-state index in [0.717, 1.165) is 23.1 Å². The minimum absolute atomic E-state index is 0.0284. The Morgan fingerprint density at radius 1 is 1.26 bits per heavy atom. The lowest BCUT2D eigenvalue weighted by Gasteiger charge is -2.29. The maximum absolute atomic E-state index is 13.0. The van der Waals surface area contributed by atoms with Crippen LogP contribution in [0.4, 0.5) is 4.39 Å². The number of benzene rings is 2. The lowest BCUT2D eigenvalue weighted by Crippen LogP contribution is -2.26. The van der Waals surface area contributed by atoms with Gasteiger partial charge in [-0.05, 0) is 47.7 Å². The van der Waals surface area contributed by atoms with Gasteiger partial charge in [-0.2, -0.15) is 0 Å². The lowest BCUT2D eigenvalue weighted by atomic mass is 9.74. The van der Waals surface area contributed by atoms with Crippen molar-refractivity contribution in [2.24, 2.45) is 0 Å². The molecule has 1 unspecified atom stereocenters. The SMILES string of the molecule is Cc1cc(F)ccc1CC(=O)C1Cc2ccccc21. The van der Waals surface area contributed by atoms with Crippen LogP contribution < -0.4 is 0 Å². The molecular formula is C17H15FO. The quantitative estimate of drug-likeness (QED) is 0.818. The topological polar surface area (TPSA) is 17.1 Å². The zero-order chi connectivity index (χ0) is 13.4. The number of Topliss-reactive ketones (excluding diaryl/α,β-unsaturated/α-hetero) is 1. The third kappa shape index (κ3) is 2.19. The average Bonchev–Trinajstić information content (AvgIpc) is 2.34. The minimum atomic E-state index is -0.248. The van der Waals surface area contributed by atoms with E-state index < -0.39 is 0 Å². The molecule has 0 aliphatic heterocycles. The molecule has 1 nitrogen and oxygen atoms in total. The van der Waals surface area contributed by atoms with Gasteiger partial charge in [0.25, 0.3) is 0 Å². The van der Waals surface area contributed by atoms with Crippen LogP contribution in [0, 0.1) is 12.7 Å². The normalized spacial score (nSPS) is 16.6. The number of fused-ring (bicyclic) bond motifs is 1. The van der Waals surface area contributed by atoms with Crippen molar-refractivity contribution in [3.8, 4) is 0 Å². The van der Waals surface area contributed by atoms with Gasteiger partial charge in [-0.15, -0.1) is 0 Å². The van der Waals surface area contributed by atoms with Crippen LogP contribution in [0.1, 0.15) is 28.2 Å². The van der Waals surface area contributed by atoms with Crippen molar-refractivity contribution in [1.29, 1.82) is 0 Å². The van der Waals surface area contributed by atoms with Gasteiger partial charge in [0.1, 0.15) is 11.6 Å². The van der Waals surface area contributed by atoms with E-state index in [0.29, 0.717) is 6.42 Å². The van der Waals surface area contributed by atoms with Gasteiger partial charge in [0.05, 0.1) is 0 Å². The second-order valence-electron chi connectivity index (χ2n) is 5.17. The van der Waals surface area contributed by atoms with E-state index >= 15 is 0 Å². The molecule has 0 bridgehead atoms. The third-order valence-electron chi connectivity index (χ3n) is 3.91. The van der Waals surface area contributed by atoms with Crippen molar-refractivity contribution in [3.05, 3.63) is 70.5 Å². The van der Waals surface area contributed by atoms with Crippen molar-refractivity contribution in [1.82, 2.24) is 0 Å². The summed E-state index contributed by atoms with van der Waals surface area (Å²) in [6.07, 6.45) is 1.24. The Labute approximate surface area is 112 Å². The van der Waals surface area contributed by atoms with E-state index in [4.69, 9.17) is 0 Å². The van der Waals surface area contributed by atoms with Crippen molar-refractivity contribution in [2.75, 3.05) is 0 Å². The molecule has 2 aromatic carbocycles. The molecule has 0 radical (unpaired) electrons. The van der Waals surface area contributed by atoms with Gasteiger partial charge < -0.3 is 0 Å². The number of aryl methyl sites for hydroxylation is 1. The van der Waals surface area contributed by atoms with Gasteiger partial charge in [0.2, 0.25) is 0 Å². The maximum Gasteiger partial charge on any atom is 0.145 e. The van der Waals surface area contributed by atoms with Crippen LogP contribution in [0.5, 0.6) is 0 Å². The summed E-state index contributed by atoms with van der Waals surface area (Å²) < 4.78 is 13.0. The molecular weight excluding hydrogens is 239 g/mol. The van der Waals surface area contributed by atoms with E-state index in [1.54, 1.807) is 6.07 Å². The Kier molecular flexibility index (Phi) is 2.94. The van der Waals surface area contributed by atoms with Crippen LogP contribution in [0.3, 0.4) is 0 Å². The highest BCUT2D eigenvalue weighted by Gasteiger charge is 2.31. The first-order chi connectivity index (χ1) is 9.15. The zero-order valence-corrected chi connectivity index (χ0v) is 10.8. The van der Waals surface area contributed by atoms with Crippen LogP contribution in [0.15, 0.2) is 42.5 Å². The standard InChI is InChI=1S/C17H15FO/c1-11-8-14(18)7-6-12(11)10-17(19)16-9-13-4-2-3-5-15(13)16/h2-8,16H,9-10H2,1H3. The van der Waals surface area contributed by atoms with Crippen LogP contribution in [-0.4, -0.2) is 5.78 Å². The molecule has 0 fully saturated rings. The molecule has 2 heteroatoms. The Morgan fingerprint density at radius 3 is 2.79 bits per heavy atom. The van der Waals surface area contributed by atoms with Crippen LogP contribution >= 0.6 is 0 Å². The zero-order valence-electron chi connectivity index (χ0n) is 10.8. The van der Waals surface area contributed by atoms with Gasteiger partial charge in [-0.25, -0.2) is 4.39 Å². The number of halogens is 1. The maximum atomic E-state index is 13.0. The lowest BCUT2D eigenvalue weighted by molar-refractivity contribution is -0.120. The minimum Gasteiger partial charge on any atom is -0.299 e. The molecule has 1 aliphatic carbocycles. The average molecular weight is 254 g/mol. The summed E-state index contributed by atoms with van der Waals surface area (Å²) in [5.41, 5.74) is 4.21. The van der Waals surface area contributed by atoms with Crippen LogP contribution in [-0.2, 0) is 17.6 Å². The summed E-state index contributed by atoms with van der Waals surface area (Å²) in [5.74, 6) is 0.0109. The number of carbonyl (C=O) groups is 1. The van der Waals surface area contributed by atoms with E-state index in [1.807, 2.05) is 25.1 Å². The molecule has 0 heterocycles. The predicted molar refractivity (Wildman–Crippen MR) is 72.7 cm³/mol. The fourth-order valence-electron chi connectivity index (χ4n) is 2.71. The smallest absolute Gasteiger partial charge is 0.145 e. The van der Waals surface area contributed by atoms with Crippen molar-refractivity contribution < 1.29 is 9.18 Å². The predicted octanol–water partition coefficient (Wildman–Crippen LogP) is 3.59. The highest BCUT2D eigenvalue weighted by Crippen LogP contribution is 2.36. The molecule has 19 heavy (non-hydrogen) atoms. The van der Waals surface area contributed by atoms with E-state index in [-0.39, 0.29) is 17.5 Å². The number of hydrogen-bond donors (Lipinski definition) is 0. The fourth-order valence-corrected chi connectivity index (χ4v) is 2.71. The second-order valence-corrected chi connectivity index (χ2v) is 5.17. The molecule has 0 N–H and O–H groups in total. The van der Waals surface area contributed by atoms with Crippen LogP contribution in [0.25, 0.3) is 0 Å². The molecule has 0 aromatic heterocycles. The first kappa shape index (κ1) is 12.1. The summed E-state index contributed by atoms with van der Waals surface area (Å²) in [5, 5.41) is 0. The Hall–Kier alpha value is -1.96. The van der Waals surface area contributed by atoms with Crippen LogP contribution in [0.2, 0.25) is 0 Å². The molecule has 0 spiro atoms. The van der Waals surface area contributed by atoms with Gasteiger partial charge in [-0.1, -0.05) is 30.3 Å². The van der Waals surface area contributed by atoms with Gasteiger partial charge in [0, 0.05) is 12.3 Å². The molecule has 96 valence electrons. The summed E-state index contributed by atoms with van der Waals surface area (Å²) in [4.78, 5) is 12.3. The Bertz CT molecular complexity index is 645. The summed E-state index contributed by atoms with van der Waals surface area (Å²) >= 11 is 0. The first-order valence-corrected chi connectivity index (χ1v) is 6.50. The number of hydrogen-bond acceptors (Lipinski definition) is 1. The number of rotatable bonds is 3. The first-order valence-electron chi connectivity index (χ1n) is 6.50.